The third-order valence-electron chi connectivity index (χ3n) is 4.17. The minimum absolute atomic E-state index is 0.139. The average Bonchev–Trinajstić information content (AvgIpc) is 2.62. The molecule has 0 amide bonds. The molecule has 1 aromatic carbocycles. The van der Waals surface area contributed by atoms with Gasteiger partial charge in [0.05, 0.1) is 11.9 Å². The average molecular weight is 344 g/mol. The Morgan fingerprint density at radius 3 is 2.50 bits per heavy atom. The van der Waals surface area contributed by atoms with E-state index >= 15 is 0 Å². The molecule has 0 aliphatic carbocycles. The van der Waals surface area contributed by atoms with Crippen molar-refractivity contribution in [3.05, 3.63) is 51.0 Å². The van der Waals surface area contributed by atoms with Crippen LogP contribution in [0.3, 0.4) is 0 Å². The van der Waals surface area contributed by atoms with E-state index in [1.807, 2.05) is 23.2 Å². The highest BCUT2D eigenvalue weighted by Crippen LogP contribution is 2.15. The smallest absolute Gasteiger partial charge is 0.271 e. The van der Waals surface area contributed by atoms with Crippen LogP contribution in [-0.4, -0.2) is 38.6 Å². The topological polar surface area (TPSA) is 62.8 Å². The number of nitrogens with zero attached hydrogens (tertiary/aromatic N) is 4. The second kappa shape index (κ2) is 7.00. The summed E-state index contributed by atoms with van der Waals surface area (Å²) in [7, 11) is 1.63. The standard InChI is InChI=1S/C17H20N4O2S/c1-19-15(22)14(12-18-20-10-6-3-7-11-20)16(23)21(17(19)24)13-8-4-2-5-9-13/h2,4-5,8-9,12,22H,3,6-7,10-11H2,1H3. The molecule has 7 heteroatoms. The SMILES string of the molecule is Cn1c(O)c(C=NN2CCCCC2)c(=O)n(-c2ccccc2)c1=S. The Hall–Kier alpha value is -2.41. The molecule has 1 aliphatic heterocycles. The van der Waals surface area contributed by atoms with Crippen molar-refractivity contribution >= 4 is 18.4 Å². The quantitative estimate of drug-likeness (QED) is 0.686. The number of hydrogen-bond acceptors (Lipinski definition) is 5. The number of piperidine rings is 1. The first kappa shape index (κ1) is 16.4. The maximum Gasteiger partial charge on any atom is 0.271 e. The Kier molecular flexibility index (Phi) is 4.80. The molecule has 0 unspecified atom stereocenters. The maximum atomic E-state index is 12.8. The highest BCUT2D eigenvalue weighted by atomic mass is 32.1. The van der Waals surface area contributed by atoms with Gasteiger partial charge in [-0.05, 0) is 43.6 Å². The molecule has 0 atom stereocenters. The zero-order valence-electron chi connectivity index (χ0n) is 13.6. The van der Waals surface area contributed by atoms with Crippen molar-refractivity contribution < 1.29 is 5.11 Å². The summed E-state index contributed by atoms with van der Waals surface area (Å²) in [6.07, 6.45) is 4.84. The number of rotatable bonds is 3. The van der Waals surface area contributed by atoms with Gasteiger partial charge >= 0.3 is 0 Å². The van der Waals surface area contributed by atoms with Crippen LogP contribution in [0.15, 0.2) is 40.2 Å². The molecule has 24 heavy (non-hydrogen) atoms. The Bertz CT molecular complexity index is 865. The Balaban J connectivity index is 2.10. The van der Waals surface area contributed by atoms with Gasteiger partial charge in [0.15, 0.2) is 4.77 Å². The molecular weight excluding hydrogens is 324 g/mol. The van der Waals surface area contributed by atoms with Crippen molar-refractivity contribution in [2.24, 2.45) is 12.1 Å². The molecule has 3 rings (SSSR count). The fourth-order valence-electron chi connectivity index (χ4n) is 2.77. The molecule has 0 saturated carbocycles. The van der Waals surface area contributed by atoms with Crippen LogP contribution in [0.4, 0.5) is 0 Å². The predicted octanol–water partition coefficient (Wildman–Crippen LogP) is 2.43. The highest BCUT2D eigenvalue weighted by Gasteiger charge is 2.15. The molecule has 1 N–H and O–H groups in total. The van der Waals surface area contributed by atoms with Crippen molar-refractivity contribution in [2.75, 3.05) is 13.1 Å². The Morgan fingerprint density at radius 2 is 1.83 bits per heavy atom. The molecule has 126 valence electrons. The monoisotopic (exact) mass is 344 g/mol. The van der Waals surface area contributed by atoms with Crippen molar-refractivity contribution in [1.29, 1.82) is 0 Å². The molecule has 0 radical (unpaired) electrons. The maximum absolute atomic E-state index is 12.8. The predicted molar refractivity (Wildman–Crippen MR) is 96.5 cm³/mol. The van der Waals surface area contributed by atoms with Crippen LogP contribution in [-0.2, 0) is 7.05 Å². The van der Waals surface area contributed by atoms with Crippen LogP contribution >= 0.6 is 12.2 Å². The summed E-state index contributed by atoms with van der Waals surface area (Å²) in [5.41, 5.74) is 0.429. The lowest BCUT2D eigenvalue weighted by molar-refractivity contribution is 0.240. The normalized spacial score (nSPS) is 15.1. The third kappa shape index (κ3) is 3.12. The number of hydrazone groups is 1. The molecular formula is C17H20N4O2S. The summed E-state index contributed by atoms with van der Waals surface area (Å²) < 4.78 is 3.06. The van der Waals surface area contributed by atoms with Crippen LogP contribution in [0.5, 0.6) is 5.88 Å². The third-order valence-corrected chi connectivity index (χ3v) is 4.62. The van der Waals surface area contributed by atoms with Crippen LogP contribution in [0.1, 0.15) is 24.8 Å². The zero-order valence-corrected chi connectivity index (χ0v) is 14.4. The minimum atomic E-state index is -0.373. The van der Waals surface area contributed by atoms with Gasteiger partial charge in [0.25, 0.3) is 5.56 Å². The van der Waals surface area contributed by atoms with Gasteiger partial charge in [0.2, 0.25) is 5.88 Å². The molecule has 2 heterocycles. The molecule has 1 aromatic heterocycles. The van der Waals surface area contributed by atoms with E-state index in [9.17, 15) is 9.90 Å². The number of benzene rings is 1. The molecule has 0 bridgehead atoms. The summed E-state index contributed by atoms with van der Waals surface area (Å²) in [6.45, 7) is 1.74. The van der Waals surface area contributed by atoms with E-state index < -0.39 is 0 Å². The first-order valence-corrected chi connectivity index (χ1v) is 8.40. The minimum Gasteiger partial charge on any atom is -0.494 e. The Labute approximate surface area is 145 Å². The molecule has 0 spiro atoms. The lowest BCUT2D eigenvalue weighted by Crippen LogP contribution is -2.28. The summed E-state index contributed by atoms with van der Waals surface area (Å²) in [6, 6.07) is 9.16. The second-order valence-corrected chi connectivity index (χ2v) is 6.18. The van der Waals surface area contributed by atoms with Gasteiger partial charge in [-0.25, -0.2) is 0 Å². The molecule has 1 fully saturated rings. The summed E-state index contributed by atoms with van der Waals surface area (Å²) >= 11 is 5.33. The molecule has 6 nitrogen and oxygen atoms in total. The zero-order chi connectivity index (χ0) is 17.1. The lowest BCUT2D eigenvalue weighted by Gasteiger charge is -2.23. The van der Waals surface area contributed by atoms with E-state index in [4.69, 9.17) is 12.2 Å². The van der Waals surface area contributed by atoms with E-state index in [0.717, 1.165) is 25.9 Å². The summed E-state index contributed by atoms with van der Waals surface area (Å²) in [4.78, 5) is 12.8. The van der Waals surface area contributed by atoms with E-state index in [2.05, 4.69) is 5.10 Å². The molecule has 1 aliphatic rings. The van der Waals surface area contributed by atoms with Crippen molar-refractivity contribution in [2.45, 2.75) is 19.3 Å². The molecule has 2 aromatic rings. The number of hydrogen-bond donors (Lipinski definition) is 1. The number of aromatic hydroxyl groups is 1. The van der Waals surface area contributed by atoms with E-state index in [0.29, 0.717) is 5.69 Å². The van der Waals surface area contributed by atoms with Crippen LogP contribution in [0, 0.1) is 4.77 Å². The first-order valence-electron chi connectivity index (χ1n) is 7.99. The van der Waals surface area contributed by atoms with E-state index in [-0.39, 0.29) is 21.8 Å². The lowest BCUT2D eigenvalue weighted by atomic mass is 10.2. The number of para-hydroxylation sites is 1. The van der Waals surface area contributed by atoms with Crippen LogP contribution < -0.4 is 5.56 Å². The van der Waals surface area contributed by atoms with Crippen molar-refractivity contribution in [3.8, 4) is 11.6 Å². The van der Waals surface area contributed by atoms with Gasteiger partial charge in [-0.2, -0.15) is 5.10 Å². The van der Waals surface area contributed by atoms with Gasteiger partial charge in [-0.15, -0.1) is 0 Å². The van der Waals surface area contributed by atoms with E-state index in [1.165, 1.54) is 21.8 Å². The second-order valence-electron chi connectivity index (χ2n) is 5.81. The first-order chi connectivity index (χ1) is 11.6. The molecule has 1 saturated heterocycles. The van der Waals surface area contributed by atoms with Crippen LogP contribution in [0.2, 0.25) is 0 Å². The van der Waals surface area contributed by atoms with Gasteiger partial charge in [0.1, 0.15) is 5.56 Å². The van der Waals surface area contributed by atoms with Crippen molar-refractivity contribution in [3.63, 3.8) is 0 Å². The van der Waals surface area contributed by atoms with E-state index in [1.54, 1.807) is 19.2 Å². The number of aromatic nitrogens is 2. The van der Waals surface area contributed by atoms with Crippen LogP contribution in [0.25, 0.3) is 5.69 Å². The van der Waals surface area contributed by atoms with Gasteiger partial charge in [-0.1, -0.05) is 18.2 Å². The fourth-order valence-corrected chi connectivity index (χ4v) is 3.05. The Morgan fingerprint density at radius 1 is 1.17 bits per heavy atom. The van der Waals surface area contributed by atoms with Crippen molar-refractivity contribution in [1.82, 2.24) is 14.1 Å². The van der Waals surface area contributed by atoms with Gasteiger partial charge < -0.3 is 5.11 Å². The highest BCUT2D eigenvalue weighted by molar-refractivity contribution is 7.71. The summed E-state index contributed by atoms with van der Waals surface area (Å²) in [5.74, 6) is -0.169. The summed E-state index contributed by atoms with van der Waals surface area (Å²) in [5, 5.41) is 16.6. The van der Waals surface area contributed by atoms with Gasteiger partial charge in [0, 0.05) is 20.1 Å². The largest absolute Gasteiger partial charge is 0.494 e. The fraction of sp³-hybridized carbons (Fsp3) is 0.353. The van der Waals surface area contributed by atoms with Gasteiger partial charge in [-0.3, -0.25) is 18.9 Å².